The molecule has 0 aromatic heterocycles. The van der Waals surface area contributed by atoms with Crippen molar-refractivity contribution in [3.8, 4) is 0 Å². The standard InChI is InChI=1S/C13H12BrNO5/c1-20-13(19)9-3-2-7(12(17)18)4-10(9)15-6-8(14)5-11(15)16/h2-4,8H,5-6H2,1H3,(H,17,18). The second-order valence-corrected chi connectivity index (χ2v) is 5.63. The van der Waals surface area contributed by atoms with Gasteiger partial charge in [0.1, 0.15) is 0 Å². The third-order valence-electron chi connectivity index (χ3n) is 3.02. The Balaban J connectivity index is 2.52. The number of carbonyl (C=O) groups excluding carboxylic acids is 2. The molecule has 0 bridgehead atoms. The van der Waals surface area contributed by atoms with Crippen molar-refractivity contribution in [1.29, 1.82) is 0 Å². The monoisotopic (exact) mass is 341 g/mol. The van der Waals surface area contributed by atoms with Crippen molar-refractivity contribution in [2.24, 2.45) is 0 Å². The van der Waals surface area contributed by atoms with Crippen molar-refractivity contribution in [2.75, 3.05) is 18.6 Å². The first kappa shape index (κ1) is 14.5. The highest BCUT2D eigenvalue weighted by atomic mass is 79.9. The Hall–Kier alpha value is -1.89. The number of benzene rings is 1. The second kappa shape index (κ2) is 5.62. The highest BCUT2D eigenvalue weighted by Gasteiger charge is 2.32. The van der Waals surface area contributed by atoms with Gasteiger partial charge in [-0.15, -0.1) is 0 Å². The summed E-state index contributed by atoms with van der Waals surface area (Å²) in [7, 11) is 1.23. The number of hydrogen-bond acceptors (Lipinski definition) is 4. The number of hydrogen-bond donors (Lipinski definition) is 1. The van der Waals surface area contributed by atoms with Gasteiger partial charge in [0, 0.05) is 17.8 Å². The van der Waals surface area contributed by atoms with E-state index in [1.165, 1.54) is 30.2 Å². The molecule has 20 heavy (non-hydrogen) atoms. The van der Waals surface area contributed by atoms with Gasteiger partial charge in [-0.05, 0) is 18.2 Å². The molecule has 1 saturated heterocycles. The molecule has 1 aliphatic heterocycles. The van der Waals surface area contributed by atoms with Crippen LogP contribution in [0.3, 0.4) is 0 Å². The maximum atomic E-state index is 11.9. The summed E-state index contributed by atoms with van der Waals surface area (Å²) >= 11 is 3.35. The number of esters is 1. The van der Waals surface area contributed by atoms with Crippen molar-refractivity contribution in [2.45, 2.75) is 11.2 Å². The van der Waals surface area contributed by atoms with Gasteiger partial charge in [0.25, 0.3) is 0 Å². The Morgan fingerprint density at radius 2 is 2.15 bits per heavy atom. The third kappa shape index (κ3) is 2.67. The molecule has 0 spiro atoms. The first-order valence-corrected chi connectivity index (χ1v) is 6.75. The van der Waals surface area contributed by atoms with Crippen molar-refractivity contribution in [1.82, 2.24) is 0 Å². The number of amides is 1. The van der Waals surface area contributed by atoms with E-state index in [-0.39, 0.29) is 27.5 Å². The van der Waals surface area contributed by atoms with Crippen LogP contribution in [0.4, 0.5) is 5.69 Å². The number of halogens is 1. The number of carboxylic acids is 1. The summed E-state index contributed by atoms with van der Waals surface area (Å²) < 4.78 is 4.66. The number of ether oxygens (including phenoxy) is 1. The highest BCUT2D eigenvalue weighted by molar-refractivity contribution is 9.09. The number of nitrogens with zero attached hydrogens (tertiary/aromatic N) is 1. The Morgan fingerprint density at radius 3 is 2.65 bits per heavy atom. The van der Waals surface area contributed by atoms with E-state index >= 15 is 0 Å². The molecule has 1 atom stereocenters. The van der Waals surface area contributed by atoms with Crippen LogP contribution in [0.5, 0.6) is 0 Å². The molecule has 0 aliphatic carbocycles. The minimum Gasteiger partial charge on any atom is -0.478 e. The molecule has 1 aromatic rings. The zero-order valence-electron chi connectivity index (χ0n) is 10.6. The Bertz CT molecular complexity index is 586. The molecule has 7 heteroatoms. The quantitative estimate of drug-likeness (QED) is 0.667. The van der Waals surface area contributed by atoms with Crippen molar-refractivity contribution in [3.63, 3.8) is 0 Å². The van der Waals surface area contributed by atoms with E-state index < -0.39 is 11.9 Å². The number of aromatic carboxylic acids is 1. The molecule has 6 nitrogen and oxygen atoms in total. The summed E-state index contributed by atoms with van der Waals surface area (Å²) in [5.74, 6) is -1.90. The van der Waals surface area contributed by atoms with Gasteiger partial charge >= 0.3 is 11.9 Å². The van der Waals surface area contributed by atoms with E-state index in [9.17, 15) is 14.4 Å². The lowest BCUT2D eigenvalue weighted by molar-refractivity contribution is -0.117. The van der Waals surface area contributed by atoms with Crippen LogP contribution in [0, 0.1) is 0 Å². The number of methoxy groups -OCH3 is 1. The Morgan fingerprint density at radius 1 is 1.45 bits per heavy atom. The number of carbonyl (C=O) groups is 3. The van der Waals surface area contributed by atoms with E-state index in [1.807, 2.05) is 0 Å². The third-order valence-corrected chi connectivity index (χ3v) is 3.63. The van der Waals surface area contributed by atoms with E-state index in [1.54, 1.807) is 0 Å². The van der Waals surface area contributed by atoms with Crippen molar-refractivity contribution >= 4 is 39.5 Å². The van der Waals surface area contributed by atoms with Gasteiger partial charge in [0.05, 0.1) is 23.9 Å². The van der Waals surface area contributed by atoms with E-state index in [2.05, 4.69) is 20.7 Å². The van der Waals surface area contributed by atoms with Crippen molar-refractivity contribution in [3.05, 3.63) is 29.3 Å². The molecule has 1 aromatic carbocycles. The fourth-order valence-corrected chi connectivity index (χ4v) is 2.63. The average Bonchev–Trinajstić information content (AvgIpc) is 2.76. The molecule has 1 fully saturated rings. The van der Waals surface area contributed by atoms with E-state index in [0.717, 1.165) is 0 Å². The van der Waals surface area contributed by atoms with Crippen LogP contribution >= 0.6 is 15.9 Å². The van der Waals surface area contributed by atoms with E-state index in [4.69, 9.17) is 5.11 Å². The average molecular weight is 342 g/mol. The predicted octanol–water partition coefficient (Wildman–Crippen LogP) is 1.67. The minimum atomic E-state index is -1.12. The molecule has 0 radical (unpaired) electrons. The summed E-state index contributed by atoms with van der Waals surface area (Å²) in [5, 5.41) is 9.03. The zero-order valence-corrected chi connectivity index (χ0v) is 12.2. The summed E-state index contributed by atoms with van der Waals surface area (Å²) in [6.07, 6.45) is 0.303. The van der Waals surface area contributed by atoms with Gasteiger partial charge in [0.15, 0.2) is 0 Å². The summed E-state index contributed by atoms with van der Waals surface area (Å²) in [5.41, 5.74) is 0.453. The molecule has 0 saturated carbocycles. The van der Waals surface area contributed by atoms with Crippen LogP contribution in [0.1, 0.15) is 27.1 Å². The van der Waals surface area contributed by atoms with Gasteiger partial charge < -0.3 is 14.7 Å². The smallest absolute Gasteiger partial charge is 0.339 e. The van der Waals surface area contributed by atoms with Crippen LogP contribution in [0.15, 0.2) is 18.2 Å². The highest BCUT2D eigenvalue weighted by Crippen LogP contribution is 2.29. The van der Waals surface area contributed by atoms with Gasteiger partial charge in [-0.25, -0.2) is 9.59 Å². The molecular weight excluding hydrogens is 330 g/mol. The fraction of sp³-hybridized carbons (Fsp3) is 0.308. The number of carboxylic acid groups (broad SMARTS) is 1. The van der Waals surface area contributed by atoms with Crippen LogP contribution in [0.2, 0.25) is 0 Å². The number of anilines is 1. The Kier molecular flexibility index (Phi) is 4.08. The number of alkyl halides is 1. The van der Waals surface area contributed by atoms with E-state index in [0.29, 0.717) is 13.0 Å². The molecule has 2 rings (SSSR count). The molecule has 106 valence electrons. The lowest BCUT2D eigenvalue weighted by atomic mass is 10.1. The topological polar surface area (TPSA) is 83.9 Å². The largest absolute Gasteiger partial charge is 0.478 e. The second-order valence-electron chi connectivity index (χ2n) is 4.33. The van der Waals surface area contributed by atoms with Crippen LogP contribution < -0.4 is 4.90 Å². The predicted molar refractivity (Wildman–Crippen MR) is 74.4 cm³/mol. The Labute approximate surface area is 123 Å². The summed E-state index contributed by atoms with van der Waals surface area (Å²) in [6.45, 7) is 0.381. The van der Waals surface area contributed by atoms with Crippen LogP contribution in [-0.2, 0) is 9.53 Å². The number of rotatable bonds is 3. The normalized spacial score (nSPS) is 18.2. The van der Waals surface area contributed by atoms with Gasteiger partial charge in [-0.2, -0.15) is 0 Å². The van der Waals surface area contributed by atoms with Crippen LogP contribution in [-0.4, -0.2) is 41.4 Å². The first-order chi connectivity index (χ1) is 9.43. The fourth-order valence-electron chi connectivity index (χ4n) is 2.07. The summed E-state index contributed by atoms with van der Waals surface area (Å²) in [4.78, 5) is 36.1. The molecular formula is C13H12BrNO5. The first-order valence-electron chi connectivity index (χ1n) is 5.84. The van der Waals surface area contributed by atoms with Gasteiger partial charge in [0.2, 0.25) is 5.91 Å². The molecule has 1 N–H and O–H groups in total. The molecule has 1 heterocycles. The SMILES string of the molecule is COC(=O)c1ccc(C(=O)O)cc1N1CC(Br)CC1=O. The zero-order chi connectivity index (χ0) is 14.9. The maximum absolute atomic E-state index is 11.9. The maximum Gasteiger partial charge on any atom is 0.339 e. The van der Waals surface area contributed by atoms with Crippen LogP contribution in [0.25, 0.3) is 0 Å². The molecule has 1 amide bonds. The molecule has 1 aliphatic rings. The van der Waals surface area contributed by atoms with Gasteiger partial charge in [-0.1, -0.05) is 15.9 Å². The summed E-state index contributed by atoms with van der Waals surface area (Å²) in [6, 6.07) is 3.99. The minimum absolute atomic E-state index is 0.0125. The van der Waals surface area contributed by atoms with Crippen molar-refractivity contribution < 1.29 is 24.2 Å². The van der Waals surface area contributed by atoms with Gasteiger partial charge in [-0.3, -0.25) is 4.79 Å². The lowest BCUT2D eigenvalue weighted by Gasteiger charge is -2.19. The lowest BCUT2D eigenvalue weighted by Crippen LogP contribution is -2.27. The molecule has 1 unspecified atom stereocenters.